The van der Waals surface area contributed by atoms with Gasteiger partial charge in [-0.3, -0.25) is 4.98 Å². The van der Waals surface area contributed by atoms with E-state index in [-0.39, 0.29) is 12.1 Å². The molecule has 5 nitrogen and oxygen atoms in total. The first kappa shape index (κ1) is 25.1. The molecule has 0 amide bonds. The predicted molar refractivity (Wildman–Crippen MR) is 154 cm³/mol. The number of rotatable bonds is 5. The average molecular weight is 522 g/mol. The van der Waals surface area contributed by atoms with E-state index in [1.807, 2.05) is 18.3 Å². The van der Waals surface area contributed by atoms with Gasteiger partial charge in [0.05, 0.1) is 28.5 Å². The van der Waals surface area contributed by atoms with Crippen molar-refractivity contribution in [1.82, 2.24) is 14.9 Å². The summed E-state index contributed by atoms with van der Waals surface area (Å²) in [4.78, 5) is 9.37. The SMILES string of the molecule is CCn1c(C)cc([C@@H]2[C@H](c3ccccn3)NC(=S)N2c2ccc(N3C[C@@H](C)C[C@H](C)C3)c(Cl)c2)c1C. The third kappa shape index (κ3) is 4.50. The molecule has 3 aromatic rings. The van der Waals surface area contributed by atoms with Gasteiger partial charge in [0.25, 0.3) is 0 Å². The summed E-state index contributed by atoms with van der Waals surface area (Å²) in [6.07, 6.45) is 3.12. The number of thiocarbonyl (C=S) groups is 1. The number of hydrogen-bond donors (Lipinski definition) is 1. The summed E-state index contributed by atoms with van der Waals surface area (Å²) in [6.45, 7) is 14.2. The Balaban J connectivity index is 1.57. The molecule has 2 aliphatic rings. The van der Waals surface area contributed by atoms with Crippen molar-refractivity contribution in [3.63, 3.8) is 0 Å². The standard InChI is InChI=1S/C29H36ClN5S/c1-6-34-20(4)14-23(21(34)5)28-27(25-9-7-8-12-31-25)32-29(36)35(28)22-10-11-26(24(30)15-22)33-16-18(2)13-19(3)17-33/h7-12,14-15,18-19,27-28H,6,13,16-17H2,1-5H3,(H,32,36)/t18-,19-,27-,28+/m0/s1. The minimum atomic E-state index is -0.0632. The van der Waals surface area contributed by atoms with Crippen LogP contribution in [0.5, 0.6) is 0 Å². The molecule has 1 aromatic carbocycles. The zero-order chi connectivity index (χ0) is 25.6. The second-order valence-electron chi connectivity index (χ2n) is 10.6. The summed E-state index contributed by atoms with van der Waals surface area (Å²) in [5, 5.41) is 5.05. The fourth-order valence-corrected chi connectivity index (χ4v) is 6.96. The first-order valence-corrected chi connectivity index (χ1v) is 13.8. The number of halogens is 1. The summed E-state index contributed by atoms with van der Waals surface area (Å²) in [5.74, 6) is 1.33. The van der Waals surface area contributed by atoms with Crippen molar-refractivity contribution in [3.8, 4) is 0 Å². The van der Waals surface area contributed by atoms with Crippen LogP contribution < -0.4 is 15.1 Å². The zero-order valence-electron chi connectivity index (χ0n) is 21.8. The van der Waals surface area contributed by atoms with Crippen LogP contribution in [0.1, 0.15) is 61.9 Å². The van der Waals surface area contributed by atoms with E-state index in [0.29, 0.717) is 16.9 Å². The maximum Gasteiger partial charge on any atom is 0.174 e. The van der Waals surface area contributed by atoms with Gasteiger partial charge in [-0.15, -0.1) is 0 Å². The van der Waals surface area contributed by atoms with Gasteiger partial charge < -0.3 is 19.7 Å². The second kappa shape index (κ2) is 10.1. The predicted octanol–water partition coefficient (Wildman–Crippen LogP) is 6.83. The van der Waals surface area contributed by atoms with Crippen LogP contribution in [0.4, 0.5) is 11.4 Å². The lowest BCUT2D eigenvalue weighted by Gasteiger charge is -2.37. The molecular formula is C29H36ClN5S. The Hall–Kier alpha value is -2.57. The monoisotopic (exact) mass is 521 g/mol. The molecule has 2 saturated heterocycles. The van der Waals surface area contributed by atoms with E-state index in [9.17, 15) is 0 Å². The maximum absolute atomic E-state index is 6.97. The lowest BCUT2D eigenvalue weighted by Crippen LogP contribution is -2.38. The van der Waals surface area contributed by atoms with E-state index in [4.69, 9.17) is 28.8 Å². The van der Waals surface area contributed by atoms with Crippen LogP contribution in [0.3, 0.4) is 0 Å². The van der Waals surface area contributed by atoms with E-state index in [1.54, 1.807) is 0 Å². The topological polar surface area (TPSA) is 36.3 Å². The second-order valence-corrected chi connectivity index (χ2v) is 11.3. The maximum atomic E-state index is 6.97. The van der Waals surface area contributed by atoms with Gasteiger partial charge >= 0.3 is 0 Å². The molecule has 5 rings (SSSR count). The van der Waals surface area contributed by atoms with Crippen LogP contribution in [0, 0.1) is 25.7 Å². The van der Waals surface area contributed by atoms with Gasteiger partial charge in [-0.05, 0) is 93.2 Å². The van der Waals surface area contributed by atoms with Gasteiger partial charge in [-0.25, -0.2) is 0 Å². The zero-order valence-corrected chi connectivity index (χ0v) is 23.4. The van der Waals surface area contributed by atoms with Gasteiger partial charge in [0.2, 0.25) is 0 Å². The fourth-order valence-electron chi connectivity index (χ4n) is 6.32. The number of nitrogens with one attached hydrogen (secondary N) is 1. The largest absolute Gasteiger partial charge is 0.370 e. The van der Waals surface area contributed by atoms with Crippen LogP contribution in [0.15, 0.2) is 48.7 Å². The summed E-state index contributed by atoms with van der Waals surface area (Å²) in [6, 6.07) is 14.7. The molecule has 7 heteroatoms. The van der Waals surface area contributed by atoms with Crippen molar-refractivity contribution in [3.05, 3.63) is 76.3 Å². The molecule has 36 heavy (non-hydrogen) atoms. The lowest BCUT2D eigenvalue weighted by atomic mass is 9.91. The summed E-state index contributed by atoms with van der Waals surface area (Å²) < 4.78 is 2.36. The molecule has 2 aliphatic heterocycles. The van der Waals surface area contributed by atoms with Crippen LogP contribution >= 0.6 is 23.8 Å². The Kier molecular flexibility index (Phi) is 7.01. The van der Waals surface area contributed by atoms with E-state index < -0.39 is 0 Å². The summed E-state index contributed by atoms with van der Waals surface area (Å²) >= 11 is 12.9. The highest BCUT2D eigenvalue weighted by Crippen LogP contribution is 2.45. The van der Waals surface area contributed by atoms with Crippen LogP contribution in [0.2, 0.25) is 5.02 Å². The van der Waals surface area contributed by atoms with Gasteiger partial charge in [-0.2, -0.15) is 0 Å². The average Bonchev–Trinajstić information content (AvgIpc) is 3.33. The van der Waals surface area contributed by atoms with Crippen LogP contribution in [-0.2, 0) is 6.54 Å². The highest BCUT2D eigenvalue weighted by Gasteiger charge is 2.42. The van der Waals surface area contributed by atoms with Crippen molar-refractivity contribution >= 4 is 40.3 Å². The molecule has 0 radical (unpaired) electrons. The van der Waals surface area contributed by atoms with Gasteiger partial charge in [-0.1, -0.05) is 31.5 Å². The number of piperidine rings is 1. The molecule has 190 valence electrons. The normalized spacial score (nSPS) is 24.3. The number of benzene rings is 1. The van der Waals surface area contributed by atoms with Crippen LogP contribution in [0.25, 0.3) is 0 Å². The molecule has 2 fully saturated rings. The van der Waals surface area contributed by atoms with Crippen molar-refractivity contribution in [1.29, 1.82) is 0 Å². The van der Waals surface area contributed by atoms with E-state index in [2.05, 4.69) is 84.6 Å². The molecule has 0 spiro atoms. The third-order valence-electron chi connectivity index (χ3n) is 7.76. The number of hydrogen-bond acceptors (Lipinski definition) is 3. The Morgan fingerprint density at radius 2 is 1.83 bits per heavy atom. The Morgan fingerprint density at radius 3 is 2.44 bits per heavy atom. The number of aromatic nitrogens is 2. The Labute approximate surface area is 225 Å². The fraction of sp³-hybridized carbons (Fsp3) is 0.448. The highest BCUT2D eigenvalue weighted by molar-refractivity contribution is 7.80. The lowest BCUT2D eigenvalue weighted by molar-refractivity contribution is 0.357. The molecule has 4 heterocycles. The Morgan fingerprint density at radius 1 is 1.08 bits per heavy atom. The van der Waals surface area contributed by atoms with Crippen molar-refractivity contribution in [2.24, 2.45) is 11.8 Å². The summed E-state index contributed by atoms with van der Waals surface area (Å²) in [7, 11) is 0. The van der Waals surface area contributed by atoms with Gasteiger partial charge in [0.1, 0.15) is 0 Å². The molecular weight excluding hydrogens is 486 g/mol. The number of nitrogens with zero attached hydrogens (tertiary/aromatic N) is 4. The number of aryl methyl sites for hydroxylation is 1. The summed E-state index contributed by atoms with van der Waals surface area (Å²) in [5.41, 5.74) is 6.87. The highest BCUT2D eigenvalue weighted by atomic mass is 35.5. The van der Waals surface area contributed by atoms with E-state index >= 15 is 0 Å². The molecule has 4 atom stereocenters. The van der Waals surface area contributed by atoms with Gasteiger partial charge in [0, 0.05) is 42.9 Å². The number of anilines is 2. The molecule has 1 N–H and O–H groups in total. The Bertz CT molecular complexity index is 1250. The third-order valence-corrected chi connectivity index (χ3v) is 8.38. The first-order chi connectivity index (χ1) is 17.3. The minimum absolute atomic E-state index is 0.0316. The molecule has 0 aliphatic carbocycles. The smallest absolute Gasteiger partial charge is 0.174 e. The quantitative estimate of drug-likeness (QED) is 0.372. The van der Waals surface area contributed by atoms with Crippen molar-refractivity contribution < 1.29 is 0 Å². The van der Waals surface area contributed by atoms with E-state index in [0.717, 1.165) is 41.7 Å². The number of pyridine rings is 1. The van der Waals surface area contributed by atoms with Crippen molar-refractivity contribution in [2.45, 2.75) is 59.7 Å². The van der Waals surface area contributed by atoms with Gasteiger partial charge in [0.15, 0.2) is 5.11 Å². The molecule has 2 aromatic heterocycles. The molecule has 0 bridgehead atoms. The van der Waals surface area contributed by atoms with E-state index in [1.165, 1.54) is 23.4 Å². The van der Waals surface area contributed by atoms with Crippen molar-refractivity contribution in [2.75, 3.05) is 22.9 Å². The minimum Gasteiger partial charge on any atom is -0.370 e. The molecule has 0 unspecified atom stereocenters. The van der Waals surface area contributed by atoms with Crippen LogP contribution in [-0.4, -0.2) is 27.8 Å². The molecule has 0 saturated carbocycles. The first-order valence-electron chi connectivity index (χ1n) is 13.0.